The third kappa shape index (κ3) is 7.29. The molecule has 4 rings (SSSR count). The van der Waals surface area contributed by atoms with Crippen LogP contribution in [0, 0.1) is 12.8 Å². The Morgan fingerprint density at radius 2 is 1.56 bits per heavy atom. The number of anilines is 1. The maximum atomic E-state index is 13.8. The SMILES string of the molecule is Cc1ccc(C(=O)N(CC(=O)N(CCc2c[nH]c3ccccc23)Cc2ccc(N(C)C)cc2)CC(C)C)cc1. The highest BCUT2D eigenvalue weighted by Crippen LogP contribution is 2.20. The van der Waals surface area contributed by atoms with E-state index in [0.29, 0.717) is 25.2 Å². The number of H-pyrrole nitrogens is 1. The zero-order chi connectivity index (χ0) is 27.9. The number of hydrogen-bond donors (Lipinski definition) is 1. The molecule has 0 atom stereocenters. The summed E-state index contributed by atoms with van der Waals surface area (Å²) in [5, 5.41) is 1.18. The van der Waals surface area contributed by atoms with E-state index in [2.05, 4.69) is 60.1 Å². The van der Waals surface area contributed by atoms with Gasteiger partial charge >= 0.3 is 0 Å². The third-order valence-corrected chi connectivity index (χ3v) is 7.00. The highest BCUT2D eigenvalue weighted by atomic mass is 16.2. The first kappa shape index (κ1) is 28.0. The number of aromatic amines is 1. The van der Waals surface area contributed by atoms with Crippen LogP contribution in [-0.4, -0.2) is 60.3 Å². The molecule has 39 heavy (non-hydrogen) atoms. The van der Waals surface area contributed by atoms with E-state index in [-0.39, 0.29) is 24.3 Å². The summed E-state index contributed by atoms with van der Waals surface area (Å²) in [6.45, 7) is 7.76. The van der Waals surface area contributed by atoms with Crippen LogP contribution in [0.25, 0.3) is 10.9 Å². The molecule has 0 aliphatic rings. The predicted molar refractivity (Wildman–Crippen MR) is 160 cm³/mol. The zero-order valence-corrected chi connectivity index (χ0v) is 23.8. The quantitative estimate of drug-likeness (QED) is 0.265. The van der Waals surface area contributed by atoms with Gasteiger partial charge in [-0.1, -0.05) is 61.9 Å². The lowest BCUT2D eigenvalue weighted by molar-refractivity contribution is -0.132. The van der Waals surface area contributed by atoms with Crippen LogP contribution in [0.4, 0.5) is 5.69 Å². The molecular weight excluding hydrogens is 484 g/mol. The predicted octanol–water partition coefficient (Wildman–Crippen LogP) is 5.91. The van der Waals surface area contributed by atoms with Gasteiger partial charge in [0.2, 0.25) is 5.91 Å². The number of rotatable bonds is 11. The molecule has 0 aliphatic carbocycles. The normalized spacial score (nSPS) is 11.1. The molecule has 204 valence electrons. The van der Waals surface area contributed by atoms with Gasteiger partial charge in [-0.25, -0.2) is 0 Å². The molecule has 0 saturated carbocycles. The van der Waals surface area contributed by atoms with Crippen LogP contribution < -0.4 is 4.90 Å². The van der Waals surface area contributed by atoms with Crippen LogP contribution in [0.3, 0.4) is 0 Å². The minimum Gasteiger partial charge on any atom is -0.378 e. The lowest BCUT2D eigenvalue weighted by Gasteiger charge is -2.29. The Labute approximate surface area is 232 Å². The number of hydrogen-bond acceptors (Lipinski definition) is 3. The van der Waals surface area contributed by atoms with Crippen molar-refractivity contribution in [3.05, 3.63) is 101 Å². The van der Waals surface area contributed by atoms with Gasteiger partial charge in [0.1, 0.15) is 6.54 Å². The summed E-state index contributed by atoms with van der Waals surface area (Å²) in [5.41, 5.74) is 6.16. The summed E-state index contributed by atoms with van der Waals surface area (Å²) in [5.74, 6) is 0.0852. The second-order valence-corrected chi connectivity index (χ2v) is 10.9. The Bertz CT molecular complexity index is 1390. The van der Waals surface area contributed by atoms with Crippen molar-refractivity contribution >= 4 is 28.4 Å². The van der Waals surface area contributed by atoms with Crippen molar-refractivity contribution in [3.63, 3.8) is 0 Å². The molecule has 0 aliphatic heterocycles. The van der Waals surface area contributed by atoms with Crippen molar-refractivity contribution in [3.8, 4) is 0 Å². The molecule has 0 unspecified atom stereocenters. The lowest BCUT2D eigenvalue weighted by Crippen LogP contribution is -2.44. The fraction of sp³-hybridized carbons (Fsp3) is 0.333. The highest BCUT2D eigenvalue weighted by molar-refractivity contribution is 5.96. The molecule has 4 aromatic rings. The molecule has 6 heteroatoms. The van der Waals surface area contributed by atoms with Crippen molar-refractivity contribution in [1.29, 1.82) is 0 Å². The molecule has 0 fully saturated rings. The van der Waals surface area contributed by atoms with Crippen LogP contribution in [0.5, 0.6) is 0 Å². The first-order valence-electron chi connectivity index (χ1n) is 13.7. The average Bonchev–Trinajstić information content (AvgIpc) is 3.33. The van der Waals surface area contributed by atoms with Crippen molar-refractivity contribution in [1.82, 2.24) is 14.8 Å². The van der Waals surface area contributed by atoms with Gasteiger partial charge in [0.25, 0.3) is 5.91 Å². The van der Waals surface area contributed by atoms with Gasteiger partial charge < -0.3 is 19.7 Å². The number of fused-ring (bicyclic) bond motifs is 1. The number of para-hydroxylation sites is 1. The highest BCUT2D eigenvalue weighted by Gasteiger charge is 2.23. The Balaban J connectivity index is 1.56. The summed E-state index contributed by atoms with van der Waals surface area (Å²) in [6.07, 6.45) is 2.76. The average molecular weight is 525 g/mol. The number of aromatic nitrogens is 1. The number of carbonyl (C=O) groups is 2. The van der Waals surface area contributed by atoms with Gasteiger partial charge in [-0.15, -0.1) is 0 Å². The van der Waals surface area contributed by atoms with Crippen molar-refractivity contribution in [2.45, 2.75) is 33.7 Å². The fourth-order valence-electron chi connectivity index (χ4n) is 4.81. The van der Waals surface area contributed by atoms with Crippen molar-refractivity contribution in [2.75, 3.05) is 38.6 Å². The van der Waals surface area contributed by atoms with Crippen LogP contribution in [0.2, 0.25) is 0 Å². The second kappa shape index (κ2) is 12.7. The van der Waals surface area contributed by atoms with Crippen molar-refractivity contribution < 1.29 is 9.59 Å². The topological polar surface area (TPSA) is 59.7 Å². The minimum absolute atomic E-state index is 0.0485. The number of carbonyl (C=O) groups excluding carboxylic acids is 2. The second-order valence-electron chi connectivity index (χ2n) is 10.9. The maximum absolute atomic E-state index is 13.8. The Morgan fingerprint density at radius 3 is 2.23 bits per heavy atom. The number of amides is 2. The molecule has 2 amide bonds. The summed E-state index contributed by atoms with van der Waals surface area (Å²) in [7, 11) is 4.03. The van der Waals surface area contributed by atoms with E-state index in [9.17, 15) is 9.59 Å². The first-order valence-corrected chi connectivity index (χ1v) is 13.7. The standard InChI is InChI=1S/C33H40N4O2/c1-24(2)21-37(33(39)27-14-10-25(3)11-15-27)23-32(38)36(22-26-12-16-29(17-13-26)35(4)5)19-18-28-20-34-31-9-7-6-8-30(28)31/h6-17,20,24,34H,18-19,21-23H2,1-5H3. The van der Waals surface area contributed by atoms with E-state index in [1.807, 2.05) is 68.5 Å². The van der Waals surface area contributed by atoms with E-state index in [4.69, 9.17) is 0 Å². The number of nitrogens with zero attached hydrogens (tertiary/aromatic N) is 3. The monoisotopic (exact) mass is 524 g/mol. The molecular formula is C33H40N4O2. The minimum atomic E-state index is -0.107. The van der Waals surface area contributed by atoms with E-state index >= 15 is 0 Å². The lowest BCUT2D eigenvalue weighted by atomic mass is 10.1. The summed E-state index contributed by atoms with van der Waals surface area (Å²) >= 11 is 0. The molecule has 3 aromatic carbocycles. The first-order chi connectivity index (χ1) is 18.7. The number of nitrogens with one attached hydrogen (secondary N) is 1. The van der Waals surface area contributed by atoms with E-state index in [0.717, 1.165) is 28.8 Å². The van der Waals surface area contributed by atoms with Gasteiger partial charge in [0, 0.05) is 62.1 Å². The van der Waals surface area contributed by atoms with E-state index in [1.165, 1.54) is 10.9 Å². The third-order valence-electron chi connectivity index (χ3n) is 7.00. The van der Waals surface area contributed by atoms with Gasteiger partial charge in [-0.05, 0) is 60.7 Å². The van der Waals surface area contributed by atoms with E-state index < -0.39 is 0 Å². The Hall–Kier alpha value is -4.06. The fourth-order valence-corrected chi connectivity index (χ4v) is 4.81. The number of benzene rings is 3. The summed E-state index contributed by atoms with van der Waals surface area (Å²) in [4.78, 5) is 36.3. The maximum Gasteiger partial charge on any atom is 0.254 e. The van der Waals surface area contributed by atoms with Crippen molar-refractivity contribution in [2.24, 2.45) is 5.92 Å². The van der Waals surface area contributed by atoms with Gasteiger partial charge in [0.05, 0.1) is 0 Å². The molecule has 0 bridgehead atoms. The summed E-state index contributed by atoms with van der Waals surface area (Å²) in [6, 6.07) is 24.1. The van der Waals surface area contributed by atoms with Crippen LogP contribution >= 0.6 is 0 Å². The van der Waals surface area contributed by atoms with Gasteiger partial charge in [-0.2, -0.15) is 0 Å². The molecule has 1 aromatic heterocycles. The largest absolute Gasteiger partial charge is 0.378 e. The van der Waals surface area contributed by atoms with Gasteiger partial charge in [0.15, 0.2) is 0 Å². The van der Waals surface area contributed by atoms with E-state index in [1.54, 1.807) is 4.90 Å². The number of aryl methyl sites for hydroxylation is 1. The molecule has 1 N–H and O–H groups in total. The zero-order valence-electron chi connectivity index (χ0n) is 23.8. The Morgan fingerprint density at radius 1 is 0.872 bits per heavy atom. The molecule has 1 heterocycles. The van der Waals surface area contributed by atoms with Crippen LogP contribution in [-0.2, 0) is 17.8 Å². The molecule has 0 saturated heterocycles. The Kier molecular flexibility index (Phi) is 9.07. The van der Waals surface area contributed by atoms with Crippen LogP contribution in [0.1, 0.15) is 40.9 Å². The van der Waals surface area contributed by atoms with Crippen LogP contribution in [0.15, 0.2) is 79.0 Å². The smallest absolute Gasteiger partial charge is 0.254 e. The van der Waals surface area contributed by atoms with Gasteiger partial charge in [-0.3, -0.25) is 9.59 Å². The summed E-state index contributed by atoms with van der Waals surface area (Å²) < 4.78 is 0. The molecule has 6 nitrogen and oxygen atoms in total. The molecule has 0 spiro atoms. The molecule has 0 radical (unpaired) electrons.